The van der Waals surface area contributed by atoms with Crippen molar-refractivity contribution in [2.45, 2.75) is 52.6 Å². The van der Waals surface area contributed by atoms with Gasteiger partial charge in [0.1, 0.15) is 0 Å². The van der Waals surface area contributed by atoms with E-state index in [-0.39, 0.29) is 0 Å². The monoisotopic (exact) mass is 489 g/mol. The first-order valence-corrected chi connectivity index (χ1v) is 13.4. The molecule has 0 aromatic heterocycles. The van der Waals surface area contributed by atoms with Crippen molar-refractivity contribution in [3.8, 4) is 0 Å². The van der Waals surface area contributed by atoms with E-state index in [9.17, 15) is 0 Å². The van der Waals surface area contributed by atoms with Crippen LogP contribution in [0.2, 0.25) is 0 Å². The van der Waals surface area contributed by atoms with Gasteiger partial charge in [0.15, 0.2) is 0 Å². The smallest absolute Gasteiger partial charge is 0.0716 e. The summed E-state index contributed by atoms with van der Waals surface area (Å²) in [5.41, 5.74) is 9.85. The van der Waals surface area contributed by atoms with Gasteiger partial charge in [-0.15, -0.1) is 0 Å². The van der Waals surface area contributed by atoms with Gasteiger partial charge >= 0.3 is 0 Å². The predicted molar refractivity (Wildman–Crippen MR) is 159 cm³/mol. The van der Waals surface area contributed by atoms with Gasteiger partial charge in [0.05, 0.1) is 6.61 Å². The molecular formula is C35H39NO. The van der Waals surface area contributed by atoms with Crippen LogP contribution in [-0.2, 0) is 17.8 Å². The molecule has 0 N–H and O–H groups in total. The van der Waals surface area contributed by atoms with E-state index >= 15 is 0 Å². The summed E-state index contributed by atoms with van der Waals surface area (Å²) in [5, 5.41) is 0. The predicted octanol–water partition coefficient (Wildman–Crippen LogP) is 9.74. The summed E-state index contributed by atoms with van der Waals surface area (Å²) in [6, 6.07) is 35.0. The van der Waals surface area contributed by atoms with Crippen LogP contribution in [0.5, 0.6) is 0 Å². The fourth-order valence-electron chi connectivity index (χ4n) is 4.47. The molecular weight excluding hydrogens is 450 g/mol. The molecule has 0 spiro atoms. The second kappa shape index (κ2) is 13.6. The third-order valence-electron chi connectivity index (χ3n) is 6.77. The molecule has 0 aliphatic rings. The van der Waals surface area contributed by atoms with Crippen molar-refractivity contribution in [3.05, 3.63) is 131 Å². The fourth-order valence-corrected chi connectivity index (χ4v) is 4.47. The van der Waals surface area contributed by atoms with Crippen molar-refractivity contribution in [1.29, 1.82) is 0 Å². The highest BCUT2D eigenvalue weighted by Crippen LogP contribution is 2.34. The summed E-state index contributed by atoms with van der Waals surface area (Å²) in [6.07, 6.45) is 7.75. The van der Waals surface area contributed by atoms with E-state index in [2.05, 4.69) is 122 Å². The Labute approximate surface area is 223 Å². The molecule has 4 rings (SSSR count). The zero-order valence-corrected chi connectivity index (χ0v) is 22.3. The van der Waals surface area contributed by atoms with Crippen LogP contribution in [0.15, 0.2) is 104 Å². The number of benzene rings is 4. The highest BCUT2D eigenvalue weighted by Gasteiger charge is 2.12. The number of rotatable bonds is 13. The first kappa shape index (κ1) is 26.4. The van der Waals surface area contributed by atoms with Crippen molar-refractivity contribution >= 4 is 23.1 Å². The first-order valence-electron chi connectivity index (χ1n) is 13.4. The molecule has 0 saturated heterocycles. The van der Waals surface area contributed by atoms with Gasteiger partial charge in [-0.2, -0.15) is 0 Å². The highest BCUT2D eigenvalue weighted by molar-refractivity contribution is 5.76. The standard InChI is InChI=1S/C35H39NO/c1-4-30-14-16-32(17-15-30)27-37-26-8-6-5-7-9-31-18-24-35(25-19-31)36(33-20-10-28(2)11-21-33)34-22-12-29(3)13-23-34/h4,10-25H,1,5-9,26-27H2,2-3H3. The molecule has 0 amide bonds. The molecule has 4 aromatic rings. The minimum Gasteiger partial charge on any atom is -0.377 e. The molecule has 190 valence electrons. The Morgan fingerprint density at radius 2 is 1.08 bits per heavy atom. The summed E-state index contributed by atoms with van der Waals surface area (Å²) in [5.74, 6) is 0. The van der Waals surface area contributed by atoms with Crippen molar-refractivity contribution in [1.82, 2.24) is 0 Å². The van der Waals surface area contributed by atoms with Gasteiger partial charge in [0.2, 0.25) is 0 Å². The zero-order valence-electron chi connectivity index (χ0n) is 22.3. The van der Waals surface area contributed by atoms with Crippen LogP contribution in [0.3, 0.4) is 0 Å². The average Bonchev–Trinajstić information content (AvgIpc) is 2.93. The van der Waals surface area contributed by atoms with Crippen molar-refractivity contribution in [3.63, 3.8) is 0 Å². The minimum atomic E-state index is 0.686. The minimum absolute atomic E-state index is 0.686. The summed E-state index contributed by atoms with van der Waals surface area (Å²) in [6.45, 7) is 9.57. The number of hydrogen-bond donors (Lipinski definition) is 0. The number of aryl methyl sites for hydroxylation is 3. The second-order valence-corrected chi connectivity index (χ2v) is 9.84. The van der Waals surface area contributed by atoms with Gasteiger partial charge in [-0.1, -0.05) is 97.3 Å². The van der Waals surface area contributed by atoms with Gasteiger partial charge in [-0.25, -0.2) is 0 Å². The molecule has 2 heteroatoms. The van der Waals surface area contributed by atoms with Crippen LogP contribution in [0, 0.1) is 13.8 Å². The van der Waals surface area contributed by atoms with Crippen molar-refractivity contribution in [2.24, 2.45) is 0 Å². The molecule has 0 fully saturated rings. The van der Waals surface area contributed by atoms with E-state index in [1.54, 1.807) is 0 Å². The molecule has 37 heavy (non-hydrogen) atoms. The zero-order chi connectivity index (χ0) is 25.9. The van der Waals surface area contributed by atoms with Crippen LogP contribution in [-0.4, -0.2) is 6.61 Å². The summed E-state index contributed by atoms with van der Waals surface area (Å²) in [4.78, 5) is 2.33. The molecule has 0 aliphatic heterocycles. The molecule has 0 saturated carbocycles. The van der Waals surface area contributed by atoms with Crippen molar-refractivity contribution < 1.29 is 4.74 Å². The molecule has 0 atom stereocenters. The third kappa shape index (κ3) is 7.93. The van der Waals surface area contributed by atoms with E-state index in [1.165, 1.54) is 58.6 Å². The molecule has 0 radical (unpaired) electrons. The fraction of sp³-hybridized carbons (Fsp3) is 0.257. The first-order chi connectivity index (χ1) is 18.1. The van der Waals surface area contributed by atoms with E-state index in [1.807, 2.05) is 6.08 Å². The van der Waals surface area contributed by atoms with E-state index in [0.717, 1.165) is 25.0 Å². The summed E-state index contributed by atoms with van der Waals surface area (Å²) >= 11 is 0. The lowest BCUT2D eigenvalue weighted by atomic mass is 10.0. The number of anilines is 3. The molecule has 0 unspecified atom stereocenters. The maximum atomic E-state index is 5.85. The second-order valence-electron chi connectivity index (χ2n) is 9.84. The largest absolute Gasteiger partial charge is 0.377 e. The third-order valence-corrected chi connectivity index (χ3v) is 6.77. The quantitative estimate of drug-likeness (QED) is 0.173. The van der Waals surface area contributed by atoms with Crippen LogP contribution < -0.4 is 4.90 Å². The Morgan fingerprint density at radius 3 is 1.62 bits per heavy atom. The van der Waals surface area contributed by atoms with Crippen LogP contribution >= 0.6 is 0 Å². The molecule has 4 aromatic carbocycles. The van der Waals surface area contributed by atoms with Crippen LogP contribution in [0.25, 0.3) is 6.08 Å². The van der Waals surface area contributed by atoms with Gasteiger partial charge < -0.3 is 9.64 Å². The Balaban J connectivity index is 1.23. The lowest BCUT2D eigenvalue weighted by Crippen LogP contribution is -2.10. The maximum Gasteiger partial charge on any atom is 0.0716 e. The Kier molecular flexibility index (Phi) is 9.74. The number of unbranched alkanes of at least 4 members (excludes halogenated alkanes) is 3. The average molecular weight is 490 g/mol. The maximum absolute atomic E-state index is 5.85. The van der Waals surface area contributed by atoms with Gasteiger partial charge in [-0.05, 0) is 86.2 Å². The molecule has 0 heterocycles. The normalized spacial score (nSPS) is 10.9. The van der Waals surface area contributed by atoms with E-state index in [0.29, 0.717) is 6.61 Å². The number of nitrogens with zero attached hydrogens (tertiary/aromatic N) is 1. The summed E-state index contributed by atoms with van der Waals surface area (Å²) in [7, 11) is 0. The summed E-state index contributed by atoms with van der Waals surface area (Å²) < 4.78 is 5.85. The number of hydrogen-bond acceptors (Lipinski definition) is 2. The van der Waals surface area contributed by atoms with E-state index < -0.39 is 0 Å². The van der Waals surface area contributed by atoms with Gasteiger partial charge in [0.25, 0.3) is 0 Å². The Bertz CT molecular complexity index is 1180. The van der Waals surface area contributed by atoms with Gasteiger partial charge in [-0.3, -0.25) is 0 Å². The van der Waals surface area contributed by atoms with E-state index in [4.69, 9.17) is 4.74 Å². The topological polar surface area (TPSA) is 12.5 Å². The molecule has 0 bridgehead atoms. The SMILES string of the molecule is C=Cc1ccc(COCCCCCCc2ccc(N(c3ccc(C)cc3)c3ccc(C)cc3)cc2)cc1. The highest BCUT2D eigenvalue weighted by atomic mass is 16.5. The number of ether oxygens (including phenoxy) is 1. The Morgan fingerprint density at radius 1 is 0.595 bits per heavy atom. The van der Waals surface area contributed by atoms with Gasteiger partial charge in [0, 0.05) is 23.7 Å². The lowest BCUT2D eigenvalue weighted by Gasteiger charge is -2.26. The van der Waals surface area contributed by atoms with Crippen LogP contribution in [0.4, 0.5) is 17.1 Å². The molecule has 2 nitrogen and oxygen atoms in total. The van der Waals surface area contributed by atoms with Crippen molar-refractivity contribution in [2.75, 3.05) is 11.5 Å². The molecule has 0 aliphatic carbocycles. The van der Waals surface area contributed by atoms with Crippen LogP contribution in [0.1, 0.15) is 53.5 Å². The Hall–Kier alpha value is -3.62. The lowest BCUT2D eigenvalue weighted by molar-refractivity contribution is 0.116.